The maximum Gasteiger partial charge on any atom is 0.227 e. The molecule has 1 fully saturated rings. The van der Waals surface area contributed by atoms with Crippen molar-refractivity contribution < 1.29 is 14.3 Å². The molecular formula is C19H28N2O3. The lowest BCUT2D eigenvalue weighted by atomic mass is 10.0. The van der Waals surface area contributed by atoms with E-state index >= 15 is 0 Å². The van der Waals surface area contributed by atoms with Gasteiger partial charge in [0.25, 0.3) is 0 Å². The van der Waals surface area contributed by atoms with E-state index in [4.69, 9.17) is 4.74 Å². The molecule has 5 nitrogen and oxygen atoms in total. The van der Waals surface area contributed by atoms with Crippen LogP contribution in [0.3, 0.4) is 0 Å². The minimum atomic E-state index is -0.00452. The van der Waals surface area contributed by atoms with Crippen LogP contribution in [0, 0.1) is 0 Å². The van der Waals surface area contributed by atoms with Gasteiger partial charge in [-0.25, -0.2) is 0 Å². The smallest absolute Gasteiger partial charge is 0.227 e. The van der Waals surface area contributed by atoms with Crippen molar-refractivity contribution in [3.05, 3.63) is 29.3 Å². The number of carbonyl (C=O) groups excluding carboxylic acids is 2. The first-order chi connectivity index (χ1) is 11.6. The zero-order valence-corrected chi connectivity index (χ0v) is 14.9. The van der Waals surface area contributed by atoms with Crippen molar-refractivity contribution in [3.8, 4) is 5.75 Å². The second kappa shape index (κ2) is 8.83. The molecule has 0 radical (unpaired) electrons. The number of methoxy groups -OCH3 is 1. The summed E-state index contributed by atoms with van der Waals surface area (Å²) in [6.07, 6.45) is 3.21. The van der Waals surface area contributed by atoms with Crippen LogP contribution in [0.2, 0.25) is 0 Å². The van der Waals surface area contributed by atoms with E-state index in [1.165, 1.54) is 6.92 Å². The number of hydrogen-bond donors (Lipinski definition) is 1. The molecule has 2 rings (SSSR count). The van der Waals surface area contributed by atoms with E-state index in [0.29, 0.717) is 17.4 Å². The van der Waals surface area contributed by atoms with E-state index in [1.54, 1.807) is 25.3 Å². The summed E-state index contributed by atoms with van der Waals surface area (Å²) in [5.41, 5.74) is 1.40. The zero-order valence-electron chi connectivity index (χ0n) is 14.9. The summed E-state index contributed by atoms with van der Waals surface area (Å²) in [5, 5.41) is 3.34. The highest BCUT2D eigenvalue weighted by Gasteiger charge is 2.25. The normalized spacial score (nSPS) is 15.1. The van der Waals surface area contributed by atoms with Crippen LogP contribution in [0.5, 0.6) is 5.75 Å². The molecule has 1 aromatic carbocycles. The number of nitrogens with zero attached hydrogens (tertiary/aromatic N) is 1. The van der Waals surface area contributed by atoms with Gasteiger partial charge < -0.3 is 15.0 Å². The fraction of sp³-hybridized carbons (Fsp3) is 0.579. The number of benzene rings is 1. The minimum Gasteiger partial charge on any atom is -0.496 e. The molecule has 1 heterocycles. The summed E-state index contributed by atoms with van der Waals surface area (Å²) < 4.78 is 5.37. The molecule has 0 unspecified atom stereocenters. The van der Waals surface area contributed by atoms with Crippen LogP contribution in [-0.2, 0) is 11.2 Å². The Hall–Kier alpha value is -1.88. The van der Waals surface area contributed by atoms with Crippen LogP contribution in [-0.4, -0.2) is 49.4 Å². The molecular weight excluding hydrogens is 304 g/mol. The molecule has 0 aliphatic carbocycles. The van der Waals surface area contributed by atoms with Gasteiger partial charge in [0.15, 0.2) is 5.78 Å². The molecule has 0 atom stereocenters. The van der Waals surface area contributed by atoms with E-state index in [2.05, 4.69) is 12.2 Å². The number of hydrogen-bond acceptors (Lipinski definition) is 4. The highest BCUT2D eigenvalue weighted by atomic mass is 16.5. The van der Waals surface area contributed by atoms with Gasteiger partial charge in [-0.15, -0.1) is 0 Å². The molecule has 0 spiro atoms. The fourth-order valence-electron chi connectivity index (χ4n) is 3.27. The molecule has 0 saturated carbocycles. The molecule has 5 heteroatoms. The van der Waals surface area contributed by atoms with Crippen molar-refractivity contribution in [3.63, 3.8) is 0 Å². The van der Waals surface area contributed by atoms with Gasteiger partial charge in [-0.05, 0) is 57.5 Å². The van der Waals surface area contributed by atoms with E-state index in [-0.39, 0.29) is 18.1 Å². The maximum absolute atomic E-state index is 12.9. The molecule has 1 aromatic rings. The SMILES string of the molecule is CCCN(C(=O)Cc1cc(C(C)=O)ccc1OC)C1CCNCC1. The average molecular weight is 332 g/mol. The summed E-state index contributed by atoms with van der Waals surface area (Å²) in [4.78, 5) is 26.6. The van der Waals surface area contributed by atoms with Crippen molar-refractivity contribution >= 4 is 11.7 Å². The first-order valence-electron chi connectivity index (χ1n) is 8.74. The Kier molecular flexibility index (Phi) is 6.79. The quantitative estimate of drug-likeness (QED) is 0.779. The third-order valence-electron chi connectivity index (χ3n) is 4.56. The van der Waals surface area contributed by atoms with Crippen molar-refractivity contribution in [2.75, 3.05) is 26.7 Å². The molecule has 0 bridgehead atoms. The van der Waals surface area contributed by atoms with Gasteiger partial charge in [-0.3, -0.25) is 9.59 Å². The lowest BCUT2D eigenvalue weighted by Gasteiger charge is -2.34. The van der Waals surface area contributed by atoms with Crippen LogP contribution in [0.15, 0.2) is 18.2 Å². The van der Waals surface area contributed by atoms with Gasteiger partial charge in [0, 0.05) is 23.7 Å². The van der Waals surface area contributed by atoms with Gasteiger partial charge >= 0.3 is 0 Å². The van der Waals surface area contributed by atoms with E-state index < -0.39 is 0 Å². The van der Waals surface area contributed by atoms with Crippen molar-refractivity contribution in [2.24, 2.45) is 0 Å². The third kappa shape index (κ3) is 4.57. The van der Waals surface area contributed by atoms with E-state index in [9.17, 15) is 9.59 Å². The molecule has 1 saturated heterocycles. The van der Waals surface area contributed by atoms with Gasteiger partial charge in [0.05, 0.1) is 13.5 Å². The Bertz CT molecular complexity index is 580. The van der Waals surface area contributed by atoms with Gasteiger partial charge in [-0.2, -0.15) is 0 Å². The fourth-order valence-corrected chi connectivity index (χ4v) is 3.27. The van der Waals surface area contributed by atoms with E-state index in [0.717, 1.165) is 44.5 Å². The first-order valence-corrected chi connectivity index (χ1v) is 8.74. The number of ketones is 1. The zero-order chi connectivity index (χ0) is 17.5. The molecule has 0 aromatic heterocycles. The highest BCUT2D eigenvalue weighted by Crippen LogP contribution is 2.23. The van der Waals surface area contributed by atoms with Gasteiger partial charge in [0.1, 0.15) is 5.75 Å². The third-order valence-corrected chi connectivity index (χ3v) is 4.56. The Morgan fingerprint density at radius 3 is 2.58 bits per heavy atom. The summed E-state index contributed by atoms with van der Waals surface area (Å²) in [5.74, 6) is 0.771. The molecule has 24 heavy (non-hydrogen) atoms. The predicted octanol–water partition coefficient (Wildman–Crippen LogP) is 2.43. The number of piperidine rings is 1. The number of nitrogens with one attached hydrogen (secondary N) is 1. The highest BCUT2D eigenvalue weighted by molar-refractivity contribution is 5.94. The molecule has 1 aliphatic rings. The number of amides is 1. The second-order valence-corrected chi connectivity index (χ2v) is 6.33. The van der Waals surface area contributed by atoms with E-state index in [1.807, 2.05) is 4.90 Å². The van der Waals surface area contributed by atoms with Crippen LogP contribution in [0.25, 0.3) is 0 Å². The number of rotatable bonds is 7. The van der Waals surface area contributed by atoms with Crippen molar-refractivity contribution in [1.29, 1.82) is 0 Å². The van der Waals surface area contributed by atoms with Crippen LogP contribution in [0.1, 0.15) is 49.0 Å². The van der Waals surface area contributed by atoms with Gasteiger partial charge in [-0.1, -0.05) is 6.92 Å². The van der Waals surface area contributed by atoms with Crippen molar-refractivity contribution in [2.45, 2.75) is 45.6 Å². The Morgan fingerprint density at radius 1 is 1.29 bits per heavy atom. The molecule has 132 valence electrons. The maximum atomic E-state index is 12.9. The first kappa shape index (κ1) is 18.5. The lowest BCUT2D eigenvalue weighted by molar-refractivity contribution is -0.133. The average Bonchev–Trinajstić information content (AvgIpc) is 2.60. The second-order valence-electron chi connectivity index (χ2n) is 6.33. The summed E-state index contributed by atoms with van der Waals surface area (Å²) in [6, 6.07) is 5.60. The van der Waals surface area contributed by atoms with Crippen LogP contribution >= 0.6 is 0 Å². The monoisotopic (exact) mass is 332 g/mol. The summed E-state index contributed by atoms with van der Waals surface area (Å²) in [6.45, 7) is 6.32. The Morgan fingerprint density at radius 2 is 2.00 bits per heavy atom. The number of ether oxygens (including phenoxy) is 1. The van der Waals surface area contributed by atoms with Crippen molar-refractivity contribution in [1.82, 2.24) is 10.2 Å². The lowest BCUT2D eigenvalue weighted by Crippen LogP contribution is -2.47. The minimum absolute atomic E-state index is 0.00452. The largest absolute Gasteiger partial charge is 0.496 e. The Balaban J connectivity index is 2.18. The Labute approximate surface area is 144 Å². The molecule has 1 N–H and O–H groups in total. The number of carbonyl (C=O) groups is 2. The van der Waals surface area contributed by atoms with Gasteiger partial charge in [0.2, 0.25) is 5.91 Å². The predicted molar refractivity (Wildman–Crippen MR) is 94.6 cm³/mol. The topological polar surface area (TPSA) is 58.6 Å². The number of Topliss-reactive ketones (excluding diaryl/α,β-unsaturated/α-hetero) is 1. The molecule has 1 amide bonds. The molecule has 1 aliphatic heterocycles. The standard InChI is InChI=1S/C19H28N2O3/c1-4-11-21(17-7-9-20-10-8-17)19(23)13-16-12-15(14(2)22)5-6-18(16)24-3/h5-6,12,17,20H,4,7-11,13H2,1-3H3. The van der Waals surface area contributed by atoms with Crippen LogP contribution < -0.4 is 10.1 Å². The summed E-state index contributed by atoms with van der Waals surface area (Å²) in [7, 11) is 1.59. The van der Waals surface area contributed by atoms with Crippen LogP contribution in [0.4, 0.5) is 0 Å². The summed E-state index contributed by atoms with van der Waals surface area (Å²) >= 11 is 0.